The van der Waals surface area contributed by atoms with Crippen LogP contribution in [0.2, 0.25) is 5.02 Å². The van der Waals surface area contributed by atoms with E-state index in [2.05, 4.69) is 64.6 Å². The van der Waals surface area contributed by atoms with Gasteiger partial charge in [-0.3, -0.25) is 9.69 Å². The Morgan fingerprint density at radius 2 is 1.56 bits per heavy atom. The zero-order chi connectivity index (χ0) is 25.3. The number of carbonyl (C=O) groups is 1. The predicted molar refractivity (Wildman–Crippen MR) is 152 cm³/mol. The Balaban J connectivity index is 1.40. The van der Waals surface area contributed by atoms with E-state index < -0.39 is 0 Å². The molecule has 0 radical (unpaired) electrons. The van der Waals surface area contributed by atoms with E-state index in [0.29, 0.717) is 0 Å². The quantitative estimate of drug-likeness (QED) is 0.316. The molecule has 0 aromatic heterocycles. The van der Waals surface area contributed by atoms with E-state index in [4.69, 9.17) is 11.6 Å². The van der Waals surface area contributed by atoms with Gasteiger partial charge in [0.1, 0.15) is 0 Å². The number of amides is 1. The highest BCUT2D eigenvalue weighted by Gasteiger charge is 2.22. The summed E-state index contributed by atoms with van der Waals surface area (Å²) in [7, 11) is 4.22. The molecule has 0 saturated carbocycles. The van der Waals surface area contributed by atoms with Crippen LogP contribution in [0.25, 0.3) is 0 Å². The second-order valence-corrected chi connectivity index (χ2v) is 10.9. The van der Waals surface area contributed by atoms with E-state index >= 15 is 0 Å². The average Bonchev–Trinajstić information content (AvgIpc) is 2.90. The Hall–Kier alpha value is -2.51. The molecule has 190 valence electrons. The van der Waals surface area contributed by atoms with Crippen molar-refractivity contribution in [2.45, 2.75) is 17.9 Å². The van der Waals surface area contributed by atoms with Crippen molar-refractivity contribution in [2.24, 2.45) is 0 Å². The van der Waals surface area contributed by atoms with Crippen LogP contribution in [0, 0.1) is 0 Å². The summed E-state index contributed by atoms with van der Waals surface area (Å²) in [5.41, 5.74) is 2.98. The molecule has 3 aromatic rings. The van der Waals surface area contributed by atoms with Crippen LogP contribution in [0.4, 0.5) is 5.69 Å². The van der Waals surface area contributed by atoms with Gasteiger partial charge in [-0.05, 0) is 99.6 Å². The first-order chi connectivity index (χ1) is 17.5. The maximum absolute atomic E-state index is 13.2. The number of carbonyl (C=O) groups excluding carboxylic acids is 1. The number of piperazine rings is 1. The van der Waals surface area contributed by atoms with Gasteiger partial charge in [0.05, 0.1) is 6.54 Å². The van der Waals surface area contributed by atoms with Crippen molar-refractivity contribution in [2.75, 3.05) is 57.7 Å². The summed E-state index contributed by atoms with van der Waals surface area (Å²) in [5.74, 6) is 0.120. The van der Waals surface area contributed by atoms with Gasteiger partial charge in [0.25, 0.3) is 5.91 Å². The molecule has 0 N–H and O–H groups in total. The second kappa shape index (κ2) is 13.2. The molecule has 7 heteroatoms. The first kappa shape index (κ1) is 26.6. The maximum atomic E-state index is 13.2. The fourth-order valence-electron chi connectivity index (χ4n) is 4.28. The Bertz CT molecular complexity index is 1080. The van der Waals surface area contributed by atoms with Gasteiger partial charge in [0, 0.05) is 47.3 Å². The summed E-state index contributed by atoms with van der Waals surface area (Å²) in [6.45, 7) is 6.38. The third-order valence-electron chi connectivity index (χ3n) is 6.34. The SMILES string of the molecule is CN(C)CCCN1CCN(C(=O)c2ccc(N(Cc3ccc(Cl)cc3)Sc3ccccc3)cc2)CC1. The number of rotatable bonds is 10. The Morgan fingerprint density at radius 3 is 2.19 bits per heavy atom. The van der Waals surface area contributed by atoms with E-state index in [1.54, 1.807) is 11.9 Å². The van der Waals surface area contributed by atoms with Crippen LogP contribution in [0.5, 0.6) is 0 Å². The predicted octanol–water partition coefficient (Wildman–Crippen LogP) is 5.76. The van der Waals surface area contributed by atoms with Crippen molar-refractivity contribution >= 4 is 35.1 Å². The van der Waals surface area contributed by atoms with Crippen LogP contribution in [0.3, 0.4) is 0 Å². The largest absolute Gasteiger partial charge is 0.336 e. The van der Waals surface area contributed by atoms with Crippen LogP contribution in [-0.2, 0) is 6.54 Å². The van der Waals surface area contributed by atoms with E-state index in [1.165, 1.54) is 5.56 Å². The van der Waals surface area contributed by atoms with Crippen molar-refractivity contribution in [3.05, 3.63) is 95.0 Å². The van der Waals surface area contributed by atoms with E-state index in [-0.39, 0.29) is 5.91 Å². The summed E-state index contributed by atoms with van der Waals surface area (Å²) in [4.78, 5) is 21.0. The van der Waals surface area contributed by atoms with Gasteiger partial charge in [0.15, 0.2) is 0 Å². The van der Waals surface area contributed by atoms with Gasteiger partial charge >= 0.3 is 0 Å². The van der Waals surface area contributed by atoms with E-state index in [9.17, 15) is 4.79 Å². The molecular formula is C29H35ClN4OS. The third kappa shape index (κ3) is 7.74. The van der Waals surface area contributed by atoms with Crippen molar-refractivity contribution in [3.63, 3.8) is 0 Å². The molecule has 1 aliphatic rings. The number of hydrogen-bond acceptors (Lipinski definition) is 5. The lowest BCUT2D eigenvalue weighted by Gasteiger charge is -2.35. The van der Waals surface area contributed by atoms with Crippen molar-refractivity contribution < 1.29 is 4.79 Å². The minimum Gasteiger partial charge on any atom is -0.336 e. The lowest BCUT2D eigenvalue weighted by molar-refractivity contribution is 0.0634. The molecule has 5 nitrogen and oxygen atoms in total. The van der Waals surface area contributed by atoms with Gasteiger partial charge in [-0.2, -0.15) is 0 Å². The zero-order valence-electron chi connectivity index (χ0n) is 21.1. The van der Waals surface area contributed by atoms with Crippen LogP contribution in [-0.4, -0.2) is 74.0 Å². The number of hydrogen-bond donors (Lipinski definition) is 0. The molecule has 1 aliphatic heterocycles. The first-order valence-corrected chi connectivity index (χ1v) is 13.6. The molecule has 1 saturated heterocycles. The van der Waals surface area contributed by atoms with Crippen LogP contribution >= 0.6 is 23.5 Å². The number of anilines is 1. The van der Waals surface area contributed by atoms with Crippen molar-refractivity contribution in [1.29, 1.82) is 0 Å². The van der Waals surface area contributed by atoms with Gasteiger partial charge in [0.2, 0.25) is 0 Å². The molecule has 0 atom stereocenters. The van der Waals surface area contributed by atoms with Crippen LogP contribution in [0.15, 0.2) is 83.8 Å². The van der Waals surface area contributed by atoms with E-state index in [0.717, 1.165) is 73.4 Å². The zero-order valence-corrected chi connectivity index (χ0v) is 22.7. The van der Waals surface area contributed by atoms with Crippen LogP contribution < -0.4 is 4.31 Å². The lowest BCUT2D eigenvalue weighted by Crippen LogP contribution is -2.49. The Morgan fingerprint density at radius 1 is 0.889 bits per heavy atom. The first-order valence-electron chi connectivity index (χ1n) is 12.5. The molecule has 1 amide bonds. The summed E-state index contributed by atoms with van der Waals surface area (Å²) in [6.07, 6.45) is 1.16. The van der Waals surface area contributed by atoms with Gasteiger partial charge < -0.3 is 14.1 Å². The minimum atomic E-state index is 0.120. The molecule has 0 unspecified atom stereocenters. The van der Waals surface area contributed by atoms with Crippen LogP contribution in [0.1, 0.15) is 22.3 Å². The monoisotopic (exact) mass is 522 g/mol. The van der Waals surface area contributed by atoms with Gasteiger partial charge in [-0.1, -0.05) is 41.9 Å². The fourth-order valence-corrected chi connectivity index (χ4v) is 5.38. The highest BCUT2D eigenvalue weighted by molar-refractivity contribution is 8.00. The summed E-state index contributed by atoms with van der Waals surface area (Å²) in [6, 6.07) is 26.3. The maximum Gasteiger partial charge on any atom is 0.253 e. The topological polar surface area (TPSA) is 30.0 Å². The summed E-state index contributed by atoms with van der Waals surface area (Å²) >= 11 is 7.78. The van der Waals surface area contributed by atoms with Gasteiger partial charge in [-0.25, -0.2) is 0 Å². The minimum absolute atomic E-state index is 0.120. The molecule has 4 rings (SSSR count). The molecule has 0 aliphatic carbocycles. The standard InChI is InChI=1S/C29H35ClN4OS/c1-31(2)17-6-18-32-19-21-33(22-20-32)29(35)25-11-15-27(16-12-25)34(36-28-7-4-3-5-8-28)23-24-9-13-26(30)14-10-24/h3-5,7-16H,6,17-23H2,1-2H3. The molecule has 0 bridgehead atoms. The molecule has 1 heterocycles. The summed E-state index contributed by atoms with van der Waals surface area (Å²) in [5, 5.41) is 0.735. The normalized spacial score (nSPS) is 14.3. The molecule has 1 fully saturated rings. The highest BCUT2D eigenvalue weighted by Crippen LogP contribution is 2.31. The Kier molecular flexibility index (Phi) is 9.70. The lowest BCUT2D eigenvalue weighted by atomic mass is 10.1. The average molecular weight is 523 g/mol. The fraction of sp³-hybridized carbons (Fsp3) is 0.345. The number of benzene rings is 3. The number of halogens is 1. The van der Waals surface area contributed by atoms with Crippen molar-refractivity contribution in [1.82, 2.24) is 14.7 Å². The highest BCUT2D eigenvalue weighted by atomic mass is 35.5. The van der Waals surface area contributed by atoms with E-state index in [1.807, 2.05) is 47.4 Å². The number of nitrogens with zero attached hydrogens (tertiary/aromatic N) is 4. The second-order valence-electron chi connectivity index (χ2n) is 9.40. The van der Waals surface area contributed by atoms with Crippen molar-refractivity contribution in [3.8, 4) is 0 Å². The smallest absolute Gasteiger partial charge is 0.253 e. The molecule has 0 spiro atoms. The summed E-state index contributed by atoms with van der Waals surface area (Å²) < 4.78 is 2.25. The third-order valence-corrected chi connectivity index (χ3v) is 7.63. The van der Waals surface area contributed by atoms with Gasteiger partial charge in [-0.15, -0.1) is 0 Å². The molecular weight excluding hydrogens is 488 g/mol. The molecule has 36 heavy (non-hydrogen) atoms. The Labute approximate surface area is 224 Å². The molecule has 3 aromatic carbocycles.